The van der Waals surface area contributed by atoms with Crippen molar-refractivity contribution in [3.8, 4) is 0 Å². The highest BCUT2D eigenvalue weighted by atomic mass is 35.5. The number of nitrogens with zero attached hydrogens (tertiary/aromatic N) is 2. The Balaban J connectivity index is 2.43. The molecule has 0 saturated heterocycles. The molecule has 0 unspecified atom stereocenters. The van der Waals surface area contributed by atoms with E-state index in [0.29, 0.717) is 12.3 Å². The molecule has 0 N–H and O–H groups in total. The second-order valence-corrected chi connectivity index (χ2v) is 5.37. The fourth-order valence-corrected chi connectivity index (χ4v) is 2.54. The van der Waals surface area contributed by atoms with Gasteiger partial charge < -0.3 is 4.57 Å². The van der Waals surface area contributed by atoms with E-state index in [9.17, 15) is 4.39 Å². The average Bonchev–Trinajstić information content (AvgIpc) is 2.69. The smallest absolute Gasteiger partial charge is 0.144 e. The third-order valence-corrected chi connectivity index (χ3v) is 3.65. The lowest BCUT2D eigenvalue weighted by atomic mass is 10.2. The van der Waals surface area contributed by atoms with E-state index in [1.165, 1.54) is 6.07 Å². The molecule has 2 aromatic rings. The normalized spacial score (nSPS) is 11.4. The van der Waals surface area contributed by atoms with Crippen molar-refractivity contribution in [3.63, 3.8) is 0 Å². The number of imidazole rings is 1. The molecule has 2 nitrogen and oxygen atoms in total. The molecule has 0 aliphatic carbocycles. The Morgan fingerprint density at radius 2 is 2.11 bits per heavy atom. The number of aryl methyl sites for hydroxylation is 2. The van der Waals surface area contributed by atoms with E-state index in [4.69, 9.17) is 23.2 Å². The van der Waals surface area contributed by atoms with E-state index < -0.39 is 5.82 Å². The van der Waals surface area contributed by atoms with Crippen molar-refractivity contribution in [1.29, 1.82) is 0 Å². The summed E-state index contributed by atoms with van der Waals surface area (Å²) in [5, 5.41) is 0.114. The fraction of sp³-hybridized carbons (Fsp3) is 0.500. The van der Waals surface area contributed by atoms with E-state index in [1.807, 2.05) is 0 Å². The molecule has 0 saturated carbocycles. The molecule has 19 heavy (non-hydrogen) atoms. The third kappa shape index (κ3) is 3.21. The summed E-state index contributed by atoms with van der Waals surface area (Å²) in [6.45, 7) is 3.00. The van der Waals surface area contributed by atoms with Crippen LogP contribution in [0.2, 0.25) is 5.02 Å². The largest absolute Gasteiger partial charge is 0.328 e. The molecule has 0 aliphatic rings. The van der Waals surface area contributed by atoms with Gasteiger partial charge in [0, 0.05) is 24.9 Å². The highest BCUT2D eigenvalue weighted by molar-refractivity contribution is 6.31. The molecule has 0 aliphatic heterocycles. The second kappa shape index (κ2) is 6.58. The summed E-state index contributed by atoms with van der Waals surface area (Å²) in [6.07, 6.45) is 4.04. The van der Waals surface area contributed by atoms with Crippen LogP contribution in [0.5, 0.6) is 0 Å². The summed E-state index contributed by atoms with van der Waals surface area (Å²) >= 11 is 11.6. The van der Waals surface area contributed by atoms with Crippen molar-refractivity contribution in [3.05, 3.63) is 28.8 Å². The van der Waals surface area contributed by atoms with Gasteiger partial charge in [0.15, 0.2) is 0 Å². The molecular formula is C14H17Cl2FN2. The predicted octanol–water partition coefficient (Wildman–Crippen LogP) is 4.80. The van der Waals surface area contributed by atoms with Crippen LogP contribution < -0.4 is 0 Å². The molecule has 2 rings (SSSR count). The van der Waals surface area contributed by atoms with E-state index >= 15 is 0 Å². The van der Waals surface area contributed by atoms with Gasteiger partial charge in [-0.05, 0) is 12.5 Å². The van der Waals surface area contributed by atoms with Gasteiger partial charge in [-0.25, -0.2) is 9.37 Å². The Labute approximate surface area is 122 Å². The van der Waals surface area contributed by atoms with Gasteiger partial charge in [-0.2, -0.15) is 0 Å². The van der Waals surface area contributed by atoms with Crippen LogP contribution in [0.1, 0.15) is 32.0 Å². The molecule has 0 amide bonds. The minimum absolute atomic E-state index is 0.114. The zero-order chi connectivity index (χ0) is 13.8. The van der Waals surface area contributed by atoms with Crippen molar-refractivity contribution < 1.29 is 4.39 Å². The number of alkyl halides is 1. The van der Waals surface area contributed by atoms with Crippen molar-refractivity contribution in [2.45, 2.75) is 39.2 Å². The SMILES string of the molecule is CCCCCn1c(CCCl)nc2cc(Cl)c(F)cc21. The zero-order valence-corrected chi connectivity index (χ0v) is 12.4. The second-order valence-electron chi connectivity index (χ2n) is 4.58. The van der Waals surface area contributed by atoms with Crippen LogP contribution in [-0.2, 0) is 13.0 Å². The first-order chi connectivity index (χ1) is 9.17. The van der Waals surface area contributed by atoms with E-state index in [1.54, 1.807) is 6.07 Å². The molecular weight excluding hydrogens is 286 g/mol. The highest BCUT2D eigenvalue weighted by Gasteiger charge is 2.13. The minimum atomic E-state index is -0.400. The van der Waals surface area contributed by atoms with Gasteiger partial charge in [0.05, 0.1) is 16.1 Å². The van der Waals surface area contributed by atoms with Crippen LogP contribution in [0.25, 0.3) is 11.0 Å². The molecule has 1 aromatic heterocycles. The van der Waals surface area contributed by atoms with E-state index in [0.717, 1.165) is 42.7 Å². The maximum Gasteiger partial charge on any atom is 0.144 e. The number of rotatable bonds is 6. The van der Waals surface area contributed by atoms with Crippen molar-refractivity contribution in [1.82, 2.24) is 9.55 Å². The van der Waals surface area contributed by atoms with Crippen LogP contribution >= 0.6 is 23.2 Å². The first-order valence-corrected chi connectivity index (χ1v) is 7.48. The Hall–Kier alpha value is -0.800. The van der Waals surface area contributed by atoms with Crippen molar-refractivity contribution in [2.24, 2.45) is 0 Å². The molecule has 5 heteroatoms. The molecule has 0 fully saturated rings. The van der Waals surface area contributed by atoms with Gasteiger partial charge in [0.2, 0.25) is 0 Å². The Bertz CT molecular complexity index is 566. The molecule has 1 heterocycles. The number of hydrogen-bond donors (Lipinski definition) is 0. The summed E-state index contributed by atoms with van der Waals surface area (Å²) in [5.41, 5.74) is 1.54. The highest BCUT2D eigenvalue weighted by Crippen LogP contribution is 2.24. The monoisotopic (exact) mass is 302 g/mol. The van der Waals surface area contributed by atoms with Gasteiger partial charge >= 0.3 is 0 Å². The average molecular weight is 303 g/mol. The number of unbranched alkanes of at least 4 members (excludes halogenated alkanes) is 2. The maximum absolute atomic E-state index is 13.6. The lowest BCUT2D eigenvalue weighted by molar-refractivity contribution is 0.591. The summed E-state index contributed by atoms with van der Waals surface area (Å²) in [5.74, 6) is 1.01. The van der Waals surface area contributed by atoms with Crippen LogP contribution in [0.15, 0.2) is 12.1 Å². The summed E-state index contributed by atoms with van der Waals surface area (Å²) in [6, 6.07) is 3.05. The minimum Gasteiger partial charge on any atom is -0.328 e. The van der Waals surface area contributed by atoms with Crippen molar-refractivity contribution >= 4 is 34.2 Å². The number of hydrogen-bond acceptors (Lipinski definition) is 1. The molecule has 0 spiro atoms. The molecule has 0 radical (unpaired) electrons. The lowest BCUT2D eigenvalue weighted by Crippen LogP contribution is -2.05. The Morgan fingerprint density at radius 3 is 2.79 bits per heavy atom. The van der Waals surface area contributed by atoms with Crippen LogP contribution in [0.3, 0.4) is 0 Å². The number of aromatic nitrogens is 2. The summed E-state index contributed by atoms with van der Waals surface area (Å²) in [7, 11) is 0. The quantitative estimate of drug-likeness (QED) is 0.553. The standard InChI is InChI=1S/C14H17Cl2FN2/c1-2-3-4-7-19-13-9-11(17)10(16)8-12(13)18-14(19)5-6-15/h8-9H,2-7H2,1H3. The van der Waals surface area contributed by atoms with E-state index in [2.05, 4.69) is 16.5 Å². The molecule has 104 valence electrons. The number of halogens is 3. The van der Waals surface area contributed by atoms with E-state index in [-0.39, 0.29) is 5.02 Å². The fourth-order valence-electron chi connectivity index (χ4n) is 2.21. The maximum atomic E-state index is 13.6. The zero-order valence-electron chi connectivity index (χ0n) is 10.9. The first-order valence-electron chi connectivity index (χ1n) is 6.57. The predicted molar refractivity (Wildman–Crippen MR) is 78.7 cm³/mol. The molecule has 0 atom stereocenters. The summed E-state index contributed by atoms with van der Waals surface area (Å²) in [4.78, 5) is 4.51. The van der Waals surface area contributed by atoms with Crippen molar-refractivity contribution in [2.75, 3.05) is 5.88 Å². The Kier molecular flexibility index (Phi) is 5.06. The first kappa shape index (κ1) is 14.6. The van der Waals surface area contributed by atoms with Crippen LogP contribution in [-0.4, -0.2) is 15.4 Å². The van der Waals surface area contributed by atoms with Crippen LogP contribution in [0.4, 0.5) is 4.39 Å². The van der Waals surface area contributed by atoms with Gasteiger partial charge in [-0.3, -0.25) is 0 Å². The van der Waals surface area contributed by atoms with Gasteiger partial charge in [-0.15, -0.1) is 11.6 Å². The molecule has 0 bridgehead atoms. The number of fused-ring (bicyclic) bond motifs is 1. The van der Waals surface area contributed by atoms with Crippen LogP contribution in [0, 0.1) is 5.82 Å². The third-order valence-electron chi connectivity index (χ3n) is 3.17. The van der Waals surface area contributed by atoms with Gasteiger partial charge in [0.25, 0.3) is 0 Å². The van der Waals surface area contributed by atoms with Gasteiger partial charge in [0.1, 0.15) is 11.6 Å². The topological polar surface area (TPSA) is 17.8 Å². The number of benzene rings is 1. The Morgan fingerprint density at radius 1 is 1.32 bits per heavy atom. The summed E-state index contributed by atoms with van der Waals surface area (Å²) < 4.78 is 15.7. The lowest BCUT2D eigenvalue weighted by Gasteiger charge is -2.08. The molecule has 1 aromatic carbocycles. The van der Waals surface area contributed by atoms with Gasteiger partial charge in [-0.1, -0.05) is 31.4 Å².